The zero-order valence-corrected chi connectivity index (χ0v) is 12.0. The lowest BCUT2D eigenvalue weighted by atomic mass is 9.98. The van der Waals surface area contributed by atoms with Crippen molar-refractivity contribution in [1.29, 1.82) is 0 Å². The van der Waals surface area contributed by atoms with Crippen LogP contribution in [0.1, 0.15) is 10.4 Å². The number of ether oxygens (including phenoxy) is 3. The molecule has 0 saturated heterocycles. The topological polar surface area (TPSA) is 44.8 Å². The van der Waals surface area contributed by atoms with Gasteiger partial charge in [-0.25, -0.2) is 4.39 Å². The Hall–Kier alpha value is -2.56. The van der Waals surface area contributed by atoms with Crippen LogP contribution >= 0.6 is 0 Å². The SMILES string of the molecule is COc1cc(-c2ccc(F)cc2)c(C=O)c(OC)c1OC. The Bertz CT molecular complexity index is 650. The minimum atomic E-state index is -0.348. The van der Waals surface area contributed by atoms with Crippen LogP contribution in [0.5, 0.6) is 17.2 Å². The average Bonchev–Trinajstić information content (AvgIpc) is 2.53. The molecule has 0 fully saturated rings. The van der Waals surface area contributed by atoms with Gasteiger partial charge in [-0.3, -0.25) is 4.79 Å². The Kier molecular flexibility index (Phi) is 4.42. The molecule has 0 atom stereocenters. The molecule has 110 valence electrons. The second-order valence-corrected chi connectivity index (χ2v) is 4.23. The third-order valence-corrected chi connectivity index (χ3v) is 3.14. The summed E-state index contributed by atoms with van der Waals surface area (Å²) in [6.45, 7) is 0. The molecule has 0 N–H and O–H groups in total. The zero-order valence-electron chi connectivity index (χ0n) is 12.0. The molecule has 0 radical (unpaired) electrons. The fraction of sp³-hybridized carbons (Fsp3) is 0.188. The van der Waals surface area contributed by atoms with Gasteiger partial charge >= 0.3 is 0 Å². The second kappa shape index (κ2) is 6.26. The van der Waals surface area contributed by atoms with E-state index in [0.717, 1.165) is 0 Å². The van der Waals surface area contributed by atoms with Gasteiger partial charge in [0.15, 0.2) is 17.8 Å². The maximum absolute atomic E-state index is 13.1. The molecule has 5 heteroatoms. The van der Waals surface area contributed by atoms with Crippen molar-refractivity contribution < 1.29 is 23.4 Å². The van der Waals surface area contributed by atoms with Gasteiger partial charge in [-0.1, -0.05) is 12.1 Å². The molecule has 0 aliphatic heterocycles. The predicted molar refractivity (Wildman–Crippen MR) is 76.9 cm³/mol. The van der Waals surface area contributed by atoms with Crippen LogP contribution in [-0.4, -0.2) is 27.6 Å². The Morgan fingerprint density at radius 3 is 2.05 bits per heavy atom. The first-order valence-corrected chi connectivity index (χ1v) is 6.20. The number of carbonyl (C=O) groups is 1. The first-order chi connectivity index (χ1) is 10.2. The van der Waals surface area contributed by atoms with Crippen molar-refractivity contribution in [2.75, 3.05) is 21.3 Å². The molecule has 21 heavy (non-hydrogen) atoms. The Labute approximate surface area is 122 Å². The maximum Gasteiger partial charge on any atom is 0.204 e. The van der Waals surface area contributed by atoms with Crippen LogP contribution in [0.15, 0.2) is 30.3 Å². The predicted octanol–water partition coefficient (Wildman–Crippen LogP) is 3.33. The fourth-order valence-corrected chi connectivity index (χ4v) is 2.16. The van der Waals surface area contributed by atoms with Crippen molar-refractivity contribution in [2.24, 2.45) is 0 Å². The highest BCUT2D eigenvalue weighted by atomic mass is 19.1. The van der Waals surface area contributed by atoms with Crippen LogP contribution in [0.4, 0.5) is 4.39 Å². The Morgan fingerprint density at radius 2 is 1.57 bits per heavy atom. The Morgan fingerprint density at radius 1 is 0.952 bits per heavy atom. The molecule has 2 aromatic rings. The molecule has 0 saturated carbocycles. The third kappa shape index (κ3) is 2.67. The quantitative estimate of drug-likeness (QED) is 0.792. The number of aldehydes is 1. The number of methoxy groups -OCH3 is 3. The van der Waals surface area contributed by atoms with Gasteiger partial charge in [-0.15, -0.1) is 0 Å². The summed E-state index contributed by atoms with van der Waals surface area (Å²) in [5.74, 6) is 0.706. The van der Waals surface area contributed by atoms with E-state index >= 15 is 0 Å². The molecule has 0 unspecified atom stereocenters. The van der Waals surface area contributed by atoms with Crippen molar-refractivity contribution in [3.8, 4) is 28.4 Å². The van der Waals surface area contributed by atoms with Gasteiger partial charge in [0.1, 0.15) is 5.82 Å². The minimum absolute atomic E-state index is 0.283. The highest BCUT2D eigenvalue weighted by Gasteiger charge is 2.21. The number of hydrogen-bond donors (Lipinski definition) is 0. The third-order valence-electron chi connectivity index (χ3n) is 3.14. The molecule has 0 aliphatic carbocycles. The molecular formula is C16H15FO4. The molecule has 0 heterocycles. The summed E-state index contributed by atoms with van der Waals surface area (Å²) >= 11 is 0. The lowest BCUT2D eigenvalue weighted by Gasteiger charge is -2.17. The van der Waals surface area contributed by atoms with Crippen LogP contribution in [0.25, 0.3) is 11.1 Å². The second-order valence-electron chi connectivity index (χ2n) is 4.23. The Balaban J connectivity index is 2.75. The van der Waals surface area contributed by atoms with Crippen LogP contribution < -0.4 is 14.2 Å². The van der Waals surface area contributed by atoms with Gasteiger partial charge in [0.05, 0.1) is 26.9 Å². The highest BCUT2D eigenvalue weighted by molar-refractivity contribution is 5.93. The van der Waals surface area contributed by atoms with E-state index < -0.39 is 0 Å². The van der Waals surface area contributed by atoms with Gasteiger partial charge in [-0.05, 0) is 29.3 Å². The van der Waals surface area contributed by atoms with Crippen molar-refractivity contribution in [1.82, 2.24) is 0 Å². The van der Waals surface area contributed by atoms with E-state index in [1.807, 2.05) is 0 Å². The minimum Gasteiger partial charge on any atom is -0.493 e. The van der Waals surface area contributed by atoms with E-state index in [0.29, 0.717) is 34.5 Å². The molecule has 0 amide bonds. The van der Waals surface area contributed by atoms with Crippen molar-refractivity contribution >= 4 is 6.29 Å². The highest BCUT2D eigenvalue weighted by Crippen LogP contribution is 2.44. The van der Waals surface area contributed by atoms with E-state index in [1.165, 1.54) is 33.5 Å². The van der Waals surface area contributed by atoms with Crippen LogP contribution in [0.2, 0.25) is 0 Å². The monoisotopic (exact) mass is 290 g/mol. The van der Waals surface area contributed by atoms with Gasteiger partial charge in [-0.2, -0.15) is 0 Å². The van der Waals surface area contributed by atoms with E-state index in [1.54, 1.807) is 18.2 Å². The summed E-state index contributed by atoms with van der Waals surface area (Å²) in [4.78, 5) is 11.5. The number of carbonyl (C=O) groups excluding carboxylic acids is 1. The maximum atomic E-state index is 13.1. The van der Waals surface area contributed by atoms with Crippen LogP contribution in [0.3, 0.4) is 0 Å². The molecule has 4 nitrogen and oxygen atoms in total. The van der Waals surface area contributed by atoms with Gasteiger partial charge < -0.3 is 14.2 Å². The van der Waals surface area contributed by atoms with E-state index in [2.05, 4.69) is 0 Å². The average molecular weight is 290 g/mol. The van der Waals surface area contributed by atoms with Crippen LogP contribution in [-0.2, 0) is 0 Å². The number of hydrogen-bond acceptors (Lipinski definition) is 4. The molecule has 2 rings (SSSR count). The summed E-state index contributed by atoms with van der Waals surface area (Å²) in [5, 5.41) is 0. The van der Waals surface area contributed by atoms with E-state index in [4.69, 9.17) is 14.2 Å². The van der Waals surface area contributed by atoms with Gasteiger partial charge in [0.25, 0.3) is 0 Å². The van der Waals surface area contributed by atoms with Crippen molar-refractivity contribution in [2.45, 2.75) is 0 Å². The summed E-state index contributed by atoms with van der Waals surface area (Å²) < 4.78 is 28.8. The summed E-state index contributed by atoms with van der Waals surface area (Å²) in [6.07, 6.45) is 0.680. The van der Waals surface area contributed by atoms with E-state index in [-0.39, 0.29) is 11.6 Å². The van der Waals surface area contributed by atoms with Gasteiger partial charge in [0.2, 0.25) is 5.75 Å². The number of rotatable bonds is 5. The van der Waals surface area contributed by atoms with Gasteiger partial charge in [0, 0.05) is 0 Å². The fourth-order valence-electron chi connectivity index (χ4n) is 2.16. The normalized spacial score (nSPS) is 10.1. The summed E-state index contributed by atoms with van der Waals surface area (Å²) in [7, 11) is 4.40. The number of benzene rings is 2. The molecule has 0 aliphatic rings. The van der Waals surface area contributed by atoms with E-state index in [9.17, 15) is 9.18 Å². The lowest BCUT2D eigenvalue weighted by Crippen LogP contribution is -2.01. The van der Waals surface area contributed by atoms with Crippen molar-refractivity contribution in [3.05, 3.63) is 41.7 Å². The molecule has 0 aromatic heterocycles. The molecule has 2 aromatic carbocycles. The number of halogens is 1. The van der Waals surface area contributed by atoms with Crippen molar-refractivity contribution in [3.63, 3.8) is 0 Å². The summed E-state index contributed by atoms with van der Waals surface area (Å²) in [5.41, 5.74) is 1.58. The smallest absolute Gasteiger partial charge is 0.204 e. The first kappa shape index (κ1) is 14.8. The summed E-state index contributed by atoms with van der Waals surface area (Å²) in [6, 6.07) is 7.49. The van der Waals surface area contributed by atoms with Crippen LogP contribution in [0, 0.1) is 5.82 Å². The molecule has 0 spiro atoms. The standard InChI is InChI=1S/C16H15FO4/c1-19-14-8-12(10-4-6-11(17)7-5-10)13(9-18)15(20-2)16(14)21-3/h4-9H,1-3H3. The zero-order chi connectivity index (χ0) is 15.4. The lowest BCUT2D eigenvalue weighted by molar-refractivity contribution is 0.112. The molecule has 0 bridgehead atoms. The molecular weight excluding hydrogens is 275 g/mol. The largest absolute Gasteiger partial charge is 0.493 e. The first-order valence-electron chi connectivity index (χ1n) is 6.20.